The lowest BCUT2D eigenvalue weighted by Crippen LogP contribution is -2.28. The molecule has 1 aliphatic heterocycles. The van der Waals surface area contributed by atoms with Crippen LogP contribution in [0.4, 0.5) is 0 Å². The summed E-state index contributed by atoms with van der Waals surface area (Å²) in [5.41, 5.74) is 9.59. The second-order valence-corrected chi connectivity index (χ2v) is 10.2. The summed E-state index contributed by atoms with van der Waals surface area (Å²) < 4.78 is 0. The topological polar surface area (TPSA) is 57.2 Å². The fraction of sp³-hybridized carbons (Fsp3) is 0.0789. The average Bonchev–Trinajstić information content (AvgIpc) is 3.73. The maximum absolute atomic E-state index is 5.48. The van der Waals surface area contributed by atoms with Crippen molar-refractivity contribution in [3.8, 4) is 24.2 Å². The van der Waals surface area contributed by atoms with Gasteiger partial charge in [0.15, 0.2) is 0 Å². The second kappa shape index (κ2) is 12.7. The van der Waals surface area contributed by atoms with Gasteiger partial charge in [0.25, 0.3) is 0 Å². The predicted octanol–water partition coefficient (Wildman–Crippen LogP) is 6.92. The van der Waals surface area contributed by atoms with Gasteiger partial charge in [0.1, 0.15) is 5.84 Å². The number of benzene rings is 2. The van der Waals surface area contributed by atoms with Crippen LogP contribution in [0.25, 0.3) is 5.57 Å². The predicted molar refractivity (Wildman–Crippen MR) is 173 cm³/mol. The Labute approximate surface area is 252 Å². The highest BCUT2D eigenvalue weighted by atomic mass is 15.2. The second-order valence-electron chi connectivity index (χ2n) is 10.2. The van der Waals surface area contributed by atoms with E-state index in [2.05, 4.69) is 87.0 Å². The molecule has 0 amide bonds. The van der Waals surface area contributed by atoms with Crippen LogP contribution in [0.15, 0.2) is 132 Å². The van der Waals surface area contributed by atoms with Crippen molar-refractivity contribution in [2.75, 3.05) is 0 Å². The van der Waals surface area contributed by atoms with E-state index in [1.54, 1.807) is 0 Å². The zero-order valence-electron chi connectivity index (χ0n) is 23.8. The van der Waals surface area contributed by atoms with Crippen LogP contribution in [0.3, 0.4) is 0 Å². The summed E-state index contributed by atoms with van der Waals surface area (Å²) in [7, 11) is 0. The van der Waals surface area contributed by atoms with E-state index in [0.29, 0.717) is 13.1 Å². The van der Waals surface area contributed by atoms with Gasteiger partial charge in [-0.2, -0.15) is 0 Å². The third kappa shape index (κ3) is 6.70. The number of allylic oxidation sites excluding steroid dienone is 1. The molecule has 5 nitrogen and oxygen atoms in total. The molecule has 0 atom stereocenters. The van der Waals surface area contributed by atoms with Gasteiger partial charge in [0.05, 0.1) is 35.9 Å². The molecule has 206 valence electrons. The van der Waals surface area contributed by atoms with Crippen LogP contribution >= 0.6 is 0 Å². The van der Waals surface area contributed by atoms with Crippen molar-refractivity contribution in [1.29, 1.82) is 0 Å². The van der Waals surface area contributed by atoms with Crippen LogP contribution in [-0.4, -0.2) is 25.7 Å². The number of aromatic amines is 1. The van der Waals surface area contributed by atoms with Gasteiger partial charge in [-0.3, -0.25) is 9.97 Å². The number of hydrogen-bond acceptors (Lipinski definition) is 4. The molecule has 0 radical (unpaired) electrons. The van der Waals surface area contributed by atoms with Crippen LogP contribution in [0, 0.1) is 31.1 Å². The number of terminal acetylenes is 1. The maximum atomic E-state index is 5.48. The van der Waals surface area contributed by atoms with Crippen molar-refractivity contribution < 1.29 is 0 Å². The van der Waals surface area contributed by atoms with Crippen molar-refractivity contribution in [1.82, 2.24) is 19.9 Å². The first-order valence-corrected chi connectivity index (χ1v) is 14.1. The minimum atomic E-state index is 0.609. The third-order valence-electron chi connectivity index (χ3n) is 7.05. The first-order chi connectivity index (χ1) is 21.1. The first-order valence-electron chi connectivity index (χ1n) is 14.1. The van der Waals surface area contributed by atoms with Crippen molar-refractivity contribution in [3.05, 3.63) is 172 Å². The van der Waals surface area contributed by atoms with E-state index in [0.717, 1.165) is 56.6 Å². The smallest absolute Gasteiger partial charge is 0.130 e. The molecule has 3 aromatic heterocycles. The summed E-state index contributed by atoms with van der Waals surface area (Å²) >= 11 is 0. The highest BCUT2D eigenvalue weighted by molar-refractivity contribution is 5.99. The fourth-order valence-electron chi connectivity index (χ4n) is 4.82. The molecule has 0 unspecified atom stereocenters. The monoisotopic (exact) mass is 555 g/mol. The number of amidine groups is 1. The Balaban J connectivity index is 1.37. The van der Waals surface area contributed by atoms with Gasteiger partial charge in [0, 0.05) is 34.8 Å². The highest BCUT2D eigenvalue weighted by Crippen LogP contribution is 2.31. The molecule has 6 rings (SSSR count). The van der Waals surface area contributed by atoms with Gasteiger partial charge in [-0.15, -0.1) is 6.42 Å². The SMILES string of the molecule is C#Cc1ccc(C#Cc2ccc(/C(=C3/C=CC(N(Cc4ccccn4)Cc4ccccn4)=N3)c3ccc(C)cc3)[nH]2)cc1. The Morgan fingerprint density at radius 1 is 0.744 bits per heavy atom. The molecule has 43 heavy (non-hydrogen) atoms. The van der Waals surface area contributed by atoms with E-state index in [-0.39, 0.29) is 0 Å². The van der Waals surface area contributed by atoms with E-state index >= 15 is 0 Å². The molecular weight excluding hydrogens is 526 g/mol. The van der Waals surface area contributed by atoms with E-state index < -0.39 is 0 Å². The molecule has 5 heteroatoms. The molecule has 5 aromatic rings. The van der Waals surface area contributed by atoms with Gasteiger partial charge in [-0.05, 0) is 91.2 Å². The maximum Gasteiger partial charge on any atom is 0.130 e. The van der Waals surface area contributed by atoms with E-state index in [9.17, 15) is 0 Å². The Bertz CT molecular complexity index is 1870. The van der Waals surface area contributed by atoms with Crippen LogP contribution in [0.2, 0.25) is 0 Å². The standard InChI is InChI=1S/C38H29N5/c1-3-29-12-14-30(15-13-29)16-19-32-20-21-35(41-32)38(31-17-10-28(2)11-18-31)36-22-23-37(42-36)43(26-33-8-4-6-24-39-33)27-34-9-5-7-25-40-34/h1,4-15,17-18,20-25,41H,26-27H2,2H3/b38-36-. The number of hydrogen-bond donors (Lipinski definition) is 1. The first kappa shape index (κ1) is 27.3. The minimum Gasteiger partial charge on any atom is -0.348 e. The normalized spacial score (nSPS) is 13.1. The Morgan fingerprint density at radius 2 is 1.42 bits per heavy atom. The van der Waals surface area contributed by atoms with Crippen LogP contribution < -0.4 is 0 Å². The van der Waals surface area contributed by atoms with E-state index in [1.165, 1.54) is 5.56 Å². The lowest BCUT2D eigenvalue weighted by atomic mass is 9.99. The van der Waals surface area contributed by atoms with Crippen LogP contribution in [0.5, 0.6) is 0 Å². The summed E-state index contributed by atoms with van der Waals surface area (Å²) in [5.74, 6) is 9.97. The number of aliphatic imine (C=N–C) groups is 1. The van der Waals surface area contributed by atoms with Gasteiger partial charge >= 0.3 is 0 Å². The van der Waals surface area contributed by atoms with E-state index in [4.69, 9.17) is 11.4 Å². The molecule has 0 fully saturated rings. The van der Waals surface area contributed by atoms with E-state index in [1.807, 2.05) is 79.1 Å². The van der Waals surface area contributed by atoms with Crippen molar-refractivity contribution in [2.45, 2.75) is 20.0 Å². The molecular formula is C38H29N5. The largest absolute Gasteiger partial charge is 0.348 e. The van der Waals surface area contributed by atoms with Gasteiger partial charge in [0.2, 0.25) is 0 Å². The molecule has 0 saturated carbocycles. The summed E-state index contributed by atoms with van der Waals surface area (Å²) in [6, 6.07) is 32.2. The number of aromatic nitrogens is 3. The number of nitrogens with zero attached hydrogens (tertiary/aromatic N) is 4. The molecule has 1 N–H and O–H groups in total. The molecule has 4 heterocycles. The molecule has 1 aliphatic rings. The van der Waals surface area contributed by atoms with Crippen LogP contribution in [0.1, 0.15) is 45.0 Å². The summed E-state index contributed by atoms with van der Waals surface area (Å²) in [6.07, 6.45) is 13.3. The van der Waals surface area contributed by atoms with Crippen molar-refractivity contribution in [3.63, 3.8) is 0 Å². The molecule has 2 aromatic carbocycles. The molecule has 0 aliphatic carbocycles. The number of nitrogens with one attached hydrogen (secondary N) is 1. The number of H-pyrrole nitrogens is 1. The van der Waals surface area contributed by atoms with Gasteiger partial charge in [-0.25, -0.2) is 4.99 Å². The zero-order valence-corrected chi connectivity index (χ0v) is 23.8. The summed E-state index contributed by atoms with van der Waals surface area (Å²) in [6.45, 7) is 3.31. The Morgan fingerprint density at radius 3 is 2.05 bits per heavy atom. The highest BCUT2D eigenvalue weighted by Gasteiger charge is 2.20. The minimum absolute atomic E-state index is 0.609. The van der Waals surface area contributed by atoms with Gasteiger partial charge < -0.3 is 9.88 Å². The number of aryl methyl sites for hydroxylation is 1. The van der Waals surface area contributed by atoms with Gasteiger partial charge in [-0.1, -0.05) is 53.8 Å². The average molecular weight is 556 g/mol. The zero-order chi connectivity index (χ0) is 29.4. The van der Waals surface area contributed by atoms with Crippen molar-refractivity contribution in [2.24, 2.45) is 4.99 Å². The van der Waals surface area contributed by atoms with Crippen LogP contribution in [-0.2, 0) is 13.1 Å². The fourth-order valence-corrected chi connectivity index (χ4v) is 4.82. The Kier molecular flexibility index (Phi) is 8.07. The molecule has 0 spiro atoms. The summed E-state index contributed by atoms with van der Waals surface area (Å²) in [5, 5.41) is 0. The third-order valence-corrected chi connectivity index (χ3v) is 7.05. The molecule has 0 saturated heterocycles. The summed E-state index contributed by atoms with van der Waals surface area (Å²) in [4.78, 5) is 20.0. The Hall–Kier alpha value is -5.91. The number of pyridine rings is 2. The molecule has 0 bridgehead atoms. The number of rotatable bonds is 6. The quantitative estimate of drug-likeness (QED) is 0.231. The van der Waals surface area contributed by atoms with Crippen molar-refractivity contribution >= 4 is 11.4 Å². The lowest BCUT2D eigenvalue weighted by molar-refractivity contribution is 0.398. The lowest BCUT2D eigenvalue weighted by Gasteiger charge is -2.23.